The van der Waals surface area contributed by atoms with Crippen molar-refractivity contribution in [2.75, 3.05) is 5.88 Å². The second kappa shape index (κ2) is 3.76. The summed E-state index contributed by atoms with van der Waals surface area (Å²) in [6, 6.07) is 0. The van der Waals surface area contributed by atoms with E-state index in [1.165, 1.54) is 12.5 Å². The van der Waals surface area contributed by atoms with Crippen molar-refractivity contribution in [3.05, 3.63) is 18.2 Å². The van der Waals surface area contributed by atoms with Crippen molar-refractivity contribution < 1.29 is 9.90 Å². The molecule has 0 aromatic carbocycles. The Labute approximate surface area is 79.9 Å². The van der Waals surface area contributed by atoms with Crippen molar-refractivity contribution in [1.82, 2.24) is 9.97 Å². The number of nitrogens with one attached hydrogen (secondary N) is 1. The van der Waals surface area contributed by atoms with Gasteiger partial charge in [-0.25, -0.2) is 4.98 Å². The van der Waals surface area contributed by atoms with Gasteiger partial charge >= 0.3 is 5.97 Å². The second-order valence-electron chi connectivity index (χ2n) is 2.85. The quantitative estimate of drug-likeness (QED) is 0.600. The smallest absolute Gasteiger partial charge is 0.325 e. The van der Waals surface area contributed by atoms with E-state index in [0.717, 1.165) is 0 Å². The number of alkyl halides is 1. The number of carboxylic acids is 1. The first-order valence-corrected chi connectivity index (χ1v) is 4.17. The zero-order chi connectivity index (χ0) is 9.90. The Hall–Kier alpha value is -1.07. The van der Waals surface area contributed by atoms with Crippen molar-refractivity contribution in [2.24, 2.45) is 5.73 Å². The summed E-state index contributed by atoms with van der Waals surface area (Å²) in [5.74, 6) is -1.25. The van der Waals surface area contributed by atoms with E-state index in [9.17, 15) is 4.79 Å². The number of aromatic nitrogens is 2. The van der Waals surface area contributed by atoms with Gasteiger partial charge in [0.15, 0.2) is 0 Å². The number of nitrogens with zero attached hydrogens (tertiary/aromatic N) is 1. The number of rotatable bonds is 4. The first kappa shape index (κ1) is 10.0. The molecule has 0 saturated heterocycles. The van der Waals surface area contributed by atoms with Crippen LogP contribution in [0.25, 0.3) is 0 Å². The molecule has 0 saturated carbocycles. The summed E-state index contributed by atoms with van der Waals surface area (Å²) in [6.45, 7) is 0. The summed E-state index contributed by atoms with van der Waals surface area (Å²) in [5.41, 5.74) is 4.79. The summed E-state index contributed by atoms with van der Waals surface area (Å²) < 4.78 is 0. The largest absolute Gasteiger partial charge is 0.480 e. The number of carbonyl (C=O) groups is 1. The number of aliphatic carboxylic acids is 1. The van der Waals surface area contributed by atoms with E-state index in [1.54, 1.807) is 0 Å². The fraction of sp³-hybridized carbons (Fsp3) is 0.429. The van der Waals surface area contributed by atoms with Crippen LogP contribution in [0.3, 0.4) is 0 Å². The van der Waals surface area contributed by atoms with Crippen LogP contribution in [0.1, 0.15) is 5.69 Å². The molecule has 1 aromatic rings. The number of carboxylic acid groups (broad SMARTS) is 1. The summed E-state index contributed by atoms with van der Waals surface area (Å²) in [5, 5.41) is 8.79. The molecule has 0 bridgehead atoms. The Morgan fingerprint density at radius 2 is 2.54 bits per heavy atom. The van der Waals surface area contributed by atoms with Crippen molar-refractivity contribution in [3.63, 3.8) is 0 Å². The lowest BCUT2D eigenvalue weighted by Crippen LogP contribution is -2.51. The van der Waals surface area contributed by atoms with Crippen LogP contribution in [0.15, 0.2) is 12.5 Å². The van der Waals surface area contributed by atoms with E-state index in [0.29, 0.717) is 5.69 Å². The predicted octanol–water partition coefficient (Wildman–Crippen LogP) is -0.0269. The highest BCUT2D eigenvalue weighted by Crippen LogP contribution is 2.10. The van der Waals surface area contributed by atoms with Crippen LogP contribution in [-0.2, 0) is 11.2 Å². The minimum absolute atomic E-state index is 0.138. The third-order valence-electron chi connectivity index (χ3n) is 1.73. The molecule has 0 radical (unpaired) electrons. The van der Waals surface area contributed by atoms with E-state index in [1.807, 2.05) is 0 Å². The van der Waals surface area contributed by atoms with Crippen LogP contribution in [-0.4, -0.2) is 32.5 Å². The van der Waals surface area contributed by atoms with Gasteiger partial charge in [-0.2, -0.15) is 0 Å². The SMILES string of the molecule is N[C@@](CCl)(Cc1cnc[nH]1)C(=O)O. The lowest BCUT2D eigenvalue weighted by Gasteiger charge is -2.20. The fourth-order valence-electron chi connectivity index (χ4n) is 0.901. The highest BCUT2D eigenvalue weighted by atomic mass is 35.5. The third-order valence-corrected chi connectivity index (χ3v) is 2.20. The fourth-order valence-corrected chi connectivity index (χ4v) is 1.11. The first-order chi connectivity index (χ1) is 6.08. The van der Waals surface area contributed by atoms with Gasteiger partial charge in [-0.3, -0.25) is 4.79 Å². The lowest BCUT2D eigenvalue weighted by atomic mass is 9.98. The molecule has 13 heavy (non-hydrogen) atoms. The highest BCUT2D eigenvalue weighted by molar-refractivity contribution is 6.20. The van der Waals surface area contributed by atoms with Gasteiger partial charge in [0.25, 0.3) is 0 Å². The number of H-pyrrole nitrogens is 1. The average molecular weight is 204 g/mol. The molecule has 72 valence electrons. The molecule has 6 heteroatoms. The molecule has 0 amide bonds. The maximum absolute atomic E-state index is 10.7. The van der Waals surface area contributed by atoms with Crippen LogP contribution in [0.5, 0.6) is 0 Å². The molecular formula is C7H10ClN3O2. The molecule has 0 unspecified atom stereocenters. The summed E-state index contributed by atoms with van der Waals surface area (Å²) in [6.07, 6.45) is 3.13. The minimum Gasteiger partial charge on any atom is -0.480 e. The van der Waals surface area contributed by atoms with Gasteiger partial charge in [-0.15, -0.1) is 11.6 Å². The van der Waals surface area contributed by atoms with Gasteiger partial charge in [-0.1, -0.05) is 0 Å². The van der Waals surface area contributed by atoms with Crippen LogP contribution in [0.4, 0.5) is 0 Å². The van der Waals surface area contributed by atoms with Gasteiger partial charge < -0.3 is 15.8 Å². The molecule has 1 rings (SSSR count). The van der Waals surface area contributed by atoms with Crippen molar-refractivity contribution >= 4 is 17.6 Å². The predicted molar refractivity (Wildman–Crippen MR) is 47.6 cm³/mol. The summed E-state index contributed by atoms with van der Waals surface area (Å²) in [7, 11) is 0. The van der Waals surface area contributed by atoms with Gasteiger partial charge in [0.1, 0.15) is 5.54 Å². The van der Waals surface area contributed by atoms with E-state index < -0.39 is 11.5 Å². The maximum atomic E-state index is 10.7. The number of hydrogen-bond donors (Lipinski definition) is 3. The molecule has 5 nitrogen and oxygen atoms in total. The normalized spacial score (nSPS) is 15.2. The molecule has 0 fully saturated rings. The van der Waals surface area contributed by atoms with Crippen LogP contribution >= 0.6 is 11.6 Å². The number of hydrogen-bond acceptors (Lipinski definition) is 3. The lowest BCUT2D eigenvalue weighted by molar-refractivity contribution is -0.142. The van der Waals surface area contributed by atoms with Crippen molar-refractivity contribution in [2.45, 2.75) is 12.0 Å². The number of aromatic amines is 1. The van der Waals surface area contributed by atoms with Crippen LogP contribution in [0.2, 0.25) is 0 Å². The standard InChI is InChI=1S/C7H10ClN3O2/c8-3-7(9,6(12)13)1-5-2-10-4-11-5/h2,4H,1,3,9H2,(H,10,11)(H,12,13)/t7-/m1/s1. The Balaban J connectivity index is 2.75. The third kappa shape index (κ3) is 2.19. The topological polar surface area (TPSA) is 92.0 Å². The Morgan fingerprint density at radius 3 is 2.92 bits per heavy atom. The Bertz CT molecular complexity index is 288. The number of imidazole rings is 1. The first-order valence-electron chi connectivity index (χ1n) is 3.64. The maximum Gasteiger partial charge on any atom is 0.325 e. The van der Waals surface area contributed by atoms with E-state index >= 15 is 0 Å². The molecular weight excluding hydrogens is 194 g/mol. The Morgan fingerprint density at radius 1 is 1.85 bits per heavy atom. The molecule has 0 aliphatic carbocycles. The minimum atomic E-state index is -1.42. The molecule has 4 N–H and O–H groups in total. The van der Waals surface area contributed by atoms with Crippen LogP contribution < -0.4 is 5.73 Å². The van der Waals surface area contributed by atoms with Gasteiger partial charge in [0, 0.05) is 18.3 Å². The summed E-state index contributed by atoms with van der Waals surface area (Å²) >= 11 is 5.48. The number of nitrogens with two attached hydrogens (primary N) is 1. The molecule has 1 aromatic heterocycles. The summed E-state index contributed by atoms with van der Waals surface area (Å²) in [4.78, 5) is 17.3. The van der Waals surface area contributed by atoms with E-state index in [2.05, 4.69) is 9.97 Å². The van der Waals surface area contributed by atoms with Crippen molar-refractivity contribution in [1.29, 1.82) is 0 Å². The van der Waals surface area contributed by atoms with E-state index in [4.69, 9.17) is 22.4 Å². The van der Waals surface area contributed by atoms with Crippen LogP contribution in [0, 0.1) is 0 Å². The highest BCUT2D eigenvalue weighted by Gasteiger charge is 2.33. The Kier molecular flexibility index (Phi) is 2.90. The van der Waals surface area contributed by atoms with Gasteiger partial charge in [-0.05, 0) is 0 Å². The monoisotopic (exact) mass is 203 g/mol. The molecule has 1 heterocycles. The van der Waals surface area contributed by atoms with Crippen molar-refractivity contribution in [3.8, 4) is 0 Å². The van der Waals surface area contributed by atoms with Gasteiger partial charge in [0.2, 0.25) is 0 Å². The van der Waals surface area contributed by atoms with E-state index in [-0.39, 0.29) is 12.3 Å². The molecule has 0 aliphatic heterocycles. The number of halogens is 1. The molecule has 0 aliphatic rings. The zero-order valence-electron chi connectivity index (χ0n) is 6.83. The average Bonchev–Trinajstić information content (AvgIpc) is 2.56. The zero-order valence-corrected chi connectivity index (χ0v) is 7.58. The molecule has 1 atom stereocenters. The molecule has 0 spiro atoms. The van der Waals surface area contributed by atoms with Gasteiger partial charge in [0.05, 0.1) is 12.2 Å². The second-order valence-corrected chi connectivity index (χ2v) is 3.12.